The second kappa shape index (κ2) is 10.5. The number of nitrogens with zero attached hydrogens (tertiary/aromatic N) is 1. The molecule has 9 heteroatoms. The van der Waals surface area contributed by atoms with Gasteiger partial charge >= 0.3 is 0 Å². The van der Waals surface area contributed by atoms with E-state index in [4.69, 9.17) is 14.2 Å². The Bertz CT molecular complexity index is 1150. The largest absolute Gasteiger partial charge is 0.496 e. The Balaban J connectivity index is 1.63. The van der Waals surface area contributed by atoms with Crippen molar-refractivity contribution < 1.29 is 27.4 Å². The van der Waals surface area contributed by atoms with Crippen molar-refractivity contribution >= 4 is 21.6 Å². The van der Waals surface area contributed by atoms with Gasteiger partial charge in [-0.05, 0) is 67.1 Å². The van der Waals surface area contributed by atoms with Crippen molar-refractivity contribution in [2.24, 2.45) is 0 Å². The number of rotatable bonds is 10. The summed E-state index contributed by atoms with van der Waals surface area (Å²) in [6.45, 7) is 8.45. The standard InChI is InChI=1S/C25H34N2O6S/c1-16(2)20-14-21(17(3)12-23(20)31-5)18(4)26-25(28)8-7-11-27(34(6,29)30)19-9-10-22-24(13-19)33-15-32-22/h9-10,12-14,16,18H,7-8,11,15H2,1-6H3,(H,26,28). The number of carbonyl (C=O) groups is 1. The predicted octanol–water partition coefficient (Wildman–Crippen LogP) is 4.28. The summed E-state index contributed by atoms with van der Waals surface area (Å²) in [6, 6.07) is 8.92. The second-order valence-electron chi connectivity index (χ2n) is 8.87. The second-order valence-corrected chi connectivity index (χ2v) is 10.8. The Morgan fingerprint density at radius 1 is 1.12 bits per heavy atom. The molecule has 0 fully saturated rings. The number of methoxy groups -OCH3 is 1. The number of carbonyl (C=O) groups excluding carboxylic acids is 1. The molecule has 0 saturated heterocycles. The van der Waals surface area contributed by atoms with Crippen molar-refractivity contribution in [1.29, 1.82) is 0 Å². The molecule has 8 nitrogen and oxygen atoms in total. The fraction of sp³-hybridized carbons (Fsp3) is 0.480. The zero-order valence-electron chi connectivity index (χ0n) is 20.7. The van der Waals surface area contributed by atoms with E-state index in [1.54, 1.807) is 25.3 Å². The van der Waals surface area contributed by atoms with Crippen LogP contribution in [-0.4, -0.2) is 41.0 Å². The maximum atomic E-state index is 12.7. The molecular formula is C25H34N2O6S. The molecule has 2 aromatic rings. The summed E-state index contributed by atoms with van der Waals surface area (Å²) >= 11 is 0. The predicted molar refractivity (Wildman–Crippen MR) is 132 cm³/mol. The van der Waals surface area contributed by atoms with Crippen molar-refractivity contribution in [3.05, 3.63) is 47.0 Å². The van der Waals surface area contributed by atoms with Gasteiger partial charge < -0.3 is 19.5 Å². The van der Waals surface area contributed by atoms with Crippen LogP contribution in [0.3, 0.4) is 0 Å². The third kappa shape index (κ3) is 5.94. The highest BCUT2D eigenvalue weighted by Crippen LogP contribution is 2.36. The fourth-order valence-electron chi connectivity index (χ4n) is 4.11. The van der Waals surface area contributed by atoms with Gasteiger partial charge in [-0.15, -0.1) is 0 Å². The van der Waals surface area contributed by atoms with E-state index in [2.05, 4.69) is 25.2 Å². The number of hydrogen-bond donors (Lipinski definition) is 1. The van der Waals surface area contributed by atoms with Crippen molar-refractivity contribution in [3.63, 3.8) is 0 Å². The average Bonchev–Trinajstić information content (AvgIpc) is 3.23. The molecule has 34 heavy (non-hydrogen) atoms. The molecule has 1 aliphatic heterocycles. The number of hydrogen-bond acceptors (Lipinski definition) is 6. The van der Waals surface area contributed by atoms with Gasteiger partial charge in [0, 0.05) is 19.0 Å². The number of benzene rings is 2. The summed E-state index contributed by atoms with van der Waals surface area (Å²) in [7, 11) is -1.87. The number of ether oxygens (including phenoxy) is 3. The molecule has 0 spiro atoms. The lowest BCUT2D eigenvalue weighted by Gasteiger charge is -2.23. The third-order valence-corrected chi connectivity index (χ3v) is 7.09. The molecule has 0 radical (unpaired) electrons. The number of anilines is 1. The zero-order chi connectivity index (χ0) is 25.0. The molecule has 1 aliphatic rings. The Morgan fingerprint density at radius 3 is 2.47 bits per heavy atom. The van der Waals surface area contributed by atoms with Crippen LogP contribution in [0, 0.1) is 6.92 Å². The van der Waals surface area contributed by atoms with Gasteiger partial charge in [0.15, 0.2) is 11.5 Å². The van der Waals surface area contributed by atoms with E-state index in [0.717, 1.165) is 28.7 Å². The van der Waals surface area contributed by atoms with Gasteiger partial charge in [-0.1, -0.05) is 13.8 Å². The Morgan fingerprint density at radius 2 is 1.82 bits per heavy atom. The fourth-order valence-corrected chi connectivity index (χ4v) is 5.07. The van der Waals surface area contributed by atoms with Crippen molar-refractivity contribution in [2.45, 2.75) is 52.5 Å². The molecule has 1 atom stereocenters. The Kier molecular flexibility index (Phi) is 7.97. The smallest absolute Gasteiger partial charge is 0.232 e. The molecule has 0 saturated carbocycles. The molecule has 0 bridgehead atoms. The highest BCUT2D eigenvalue weighted by Gasteiger charge is 2.22. The molecule has 3 rings (SSSR count). The van der Waals surface area contributed by atoms with E-state index in [9.17, 15) is 13.2 Å². The topological polar surface area (TPSA) is 94.2 Å². The van der Waals surface area contributed by atoms with E-state index in [1.165, 1.54) is 4.31 Å². The van der Waals surface area contributed by atoms with E-state index in [-0.39, 0.29) is 37.6 Å². The molecule has 2 aromatic carbocycles. The first-order valence-electron chi connectivity index (χ1n) is 11.4. The summed E-state index contributed by atoms with van der Waals surface area (Å²) in [6.07, 6.45) is 1.73. The number of fused-ring (bicyclic) bond motifs is 1. The van der Waals surface area contributed by atoms with Crippen LogP contribution in [0.25, 0.3) is 0 Å². The molecule has 1 amide bonds. The molecule has 0 aliphatic carbocycles. The third-order valence-electron chi connectivity index (χ3n) is 5.89. The van der Waals surface area contributed by atoms with Gasteiger partial charge in [-0.3, -0.25) is 9.10 Å². The van der Waals surface area contributed by atoms with Crippen LogP contribution in [0.5, 0.6) is 17.2 Å². The zero-order valence-corrected chi connectivity index (χ0v) is 21.5. The molecule has 1 unspecified atom stereocenters. The summed E-state index contributed by atoms with van der Waals surface area (Å²) in [5.74, 6) is 2.09. The minimum atomic E-state index is -3.53. The molecule has 0 aromatic heterocycles. The van der Waals surface area contributed by atoms with Crippen LogP contribution in [0.1, 0.15) is 62.3 Å². The van der Waals surface area contributed by atoms with Crippen LogP contribution in [0.15, 0.2) is 30.3 Å². The SMILES string of the molecule is COc1cc(C)c(C(C)NC(=O)CCCN(c2ccc3c(c2)OCO3)S(C)(=O)=O)cc1C(C)C. The van der Waals surface area contributed by atoms with Crippen molar-refractivity contribution in [2.75, 3.05) is 31.0 Å². The number of amides is 1. The maximum Gasteiger partial charge on any atom is 0.232 e. The van der Waals surface area contributed by atoms with Gasteiger partial charge in [0.05, 0.1) is 25.1 Å². The number of aryl methyl sites for hydroxylation is 1. The van der Waals surface area contributed by atoms with E-state index in [1.807, 2.05) is 19.9 Å². The minimum absolute atomic E-state index is 0.113. The highest BCUT2D eigenvalue weighted by atomic mass is 32.2. The maximum absolute atomic E-state index is 12.7. The lowest BCUT2D eigenvalue weighted by Crippen LogP contribution is -2.32. The van der Waals surface area contributed by atoms with Gasteiger partial charge in [0.1, 0.15) is 5.75 Å². The first kappa shape index (κ1) is 25.7. The molecule has 186 valence electrons. The van der Waals surface area contributed by atoms with Gasteiger partial charge in [-0.2, -0.15) is 0 Å². The van der Waals surface area contributed by atoms with E-state index >= 15 is 0 Å². The highest BCUT2D eigenvalue weighted by molar-refractivity contribution is 7.92. The number of nitrogens with one attached hydrogen (secondary N) is 1. The van der Waals surface area contributed by atoms with E-state index < -0.39 is 10.0 Å². The summed E-state index contributed by atoms with van der Waals surface area (Å²) in [5, 5.41) is 3.04. The first-order chi connectivity index (χ1) is 16.0. The average molecular weight is 491 g/mol. The number of sulfonamides is 1. The lowest BCUT2D eigenvalue weighted by molar-refractivity contribution is -0.121. The summed E-state index contributed by atoms with van der Waals surface area (Å²) in [4.78, 5) is 12.7. The van der Waals surface area contributed by atoms with Crippen LogP contribution in [0.2, 0.25) is 0 Å². The van der Waals surface area contributed by atoms with Crippen molar-refractivity contribution in [3.8, 4) is 17.2 Å². The summed E-state index contributed by atoms with van der Waals surface area (Å²) < 4.78 is 42.2. The van der Waals surface area contributed by atoms with Gasteiger partial charge in [-0.25, -0.2) is 8.42 Å². The van der Waals surface area contributed by atoms with E-state index in [0.29, 0.717) is 23.6 Å². The normalized spacial score (nSPS) is 13.6. The molecule has 1 N–H and O–H groups in total. The Hall–Kier alpha value is -2.94. The van der Waals surface area contributed by atoms with Gasteiger partial charge in [0.2, 0.25) is 22.7 Å². The van der Waals surface area contributed by atoms with Crippen LogP contribution >= 0.6 is 0 Å². The van der Waals surface area contributed by atoms with Crippen molar-refractivity contribution in [1.82, 2.24) is 5.32 Å². The van der Waals surface area contributed by atoms with Crippen LogP contribution in [-0.2, 0) is 14.8 Å². The molecule has 1 heterocycles. The van der Waals surface area contributed by atoms with Gasteiger partial charge in [0.25, 0.3) is 0 Å². The van der Waals surface area contributed by atoms with Crippen LogP contribution in [0.4, 0.5) is 5.69 Å². The Labute approximate surface area is 202 Å². The minimum Gasteiger partial charge on any atom is -0.496 e. The van der Waals surface area contributed by atoms with Crippen LogP contribution < -0.4 is 23.8 Å². The monoisotopic (exact) mass is 490 g/mol. The lowest BCUT2D eigenvalue weighted by atomic mass is 9.93. The first-order valence-corrected chi connectivity index (χ1v) is 13.2. The summed E-state index contributed by atoms with van der Waals surface area (Å²) in [5.41, 5.74) is 3.66. The molecular weight excluding hydrogens is 456 g/mol. The quantitative estimate of drug-likeness (QED) is 0.534.